The van der Waals surface area contributed by atoms with E-state index < -0.39 is 10.0 Å². The summed E-state index contributed by atoms with van der Waals surface area (Å²) in [5.74, 6) is 0.172. The molecular weight excluding hydrogens is 244 g/mol. The van der Waals surface area contributed by atoms with Crippen molar-refractivity contribution < 1.29 is 8.42 Å². The quantitative estimate of drug-likeness (QED) is 0.865. The number of anilines is 1. The predicted molar refractivity (Wildman–Crippen MR) is 67.4 cm³/mol. The monoisotopic (exact) mass is 260 g/mol. The number of piperidine rings is 1. The van der Waals surface area contributed by atoms with E-state index in [2.05, 4.69) is 10.0 Å². The van der Waals surface area contributed by atoms with Gasteiger partial charge in [0.25, 0.3) is 0 Å². The summed E-state index contributed by atoms with van der Waals surface area (Å²) in [6, 6.07) is 3.71. The van der Waals surface area contributed by atoms with Gasteiger partial charge in [0, 0.05) is 6.04 Å². The SMILES string of the molecule is O=S(=O)(CC1CCCCN1)Nc1cccs1. The Morgan fingerprint density at radius 3 is 3.00 bits per heavy atom. The van der Waals surface area contributed by atoms with Crippen LogP contribution in [-0.4, -0.2) is 26.8 Å². The van der Waals surface area contributed by atoms with Gasteiger partial charge in [-0.3, -0.25) is 4.72 Å². The highest BCUT2D eigenvalue weighted by Gasteiger charge is 2.20. The van der Waals surface area contributed by atoms with Crippen LogP contribution in [0.4, 0.5) is 5.00 Å². The normalized spacial score (nSPS) is 21.9. The molecule has 16 heavy (non-hydrogen) atoms. The first-order chi connectivity index (χ1) is 7.66. The molecule has 4 nitrogen and oxygen atoms in total. The smallest absolute Gasteiger partial charge is 0.234 e. The topological polar surface area (TPSA) is 58.2 Å². The van der Waals surface area contributed by atoms with Gasteiger partial charge >= 0.3 is 0 Å². The van der Waals surface area contributed by atoms with E-state index in [9.17, 15) is 8.42 Å². The van der Waals surface area contributed by atoms with Crippen LogP contribution in [0.25, 0.3) is 0 Å². The van der Waals surface area contributed by atoms with Crippen molar-refractivity contribution in [3.05, 3.63) is 17.5 Å². The van der Waals surface area contributed by atoms with Crippen molar-refractivity contribution in [2.45, 2.75) is 25.3 Å². The highest BCUT2D eigenvalue weighted by Crippen LogP contribution is 2.18. The van der Waals surface area contributed by atoms with Gasteiger partial charge < -0.3 is 5.32 Å². The molecule has 1 aromatic rings. The zero-order chi connectivity index (χ0) is 11.4. The van der Waals surface area contributed by atoms with Gasteiger partial charge in [0.15, 0.2) is 0 Å². The van der Waals surface area contributed by atoms with E-state index in [-0.39, 0.29) is 11.8 Å². The zero-order valence-corrected chi connectivity index (χ0v) is 10.6. The van der Waals surface area contributed by atoms with Gasteiger partial charge in [-0.15, -0.1) is 11.3 Å². The van der Waals surface area contributed by atoms with Crippen LogP contribution in [0.3, 0.4) is 0 Å². The van der Waals surface area contributed by atoms with Gasteiger partial charge in [0.1, 0.15) is 5.00 Å². The summed E-state index contributed by atoms with van der Waals surface area (Å²) < 4.78 is 26.2. The summed E-state index contributed by atoms with van der Waals surface area (Å²) in [5, 5.41) is 5.79. The van der Waals surface area contributed by atoms with Gasteiger partial charge in [0.05, 0.1) is 5.75 Å². The van der Waals surface area contributed by atoms with Crippen molar-refractivity contribution in [1.82, 2.24) is 5.32 Å². The molecule has 0 bridgehead atoms. The third-order valence-corrected chi connectivity index (χ3v) is 4.90. The summed E-state index contributed by atoms with van der Waals surface area (Å²) in [7, 11) is -3.21. The lowest BCUT2D eigenvalue weighted by molar-refractivity contribution is 0.424. The zero-order valence-electron chi connectivity index (χ0n) is 8.98. The molecule has 0 aromatic carbocycles. The molecule has 0 saturated carbocycles. The number of thiophene rings is 1. The second kappa shape index (κ2) is 5.16. The minimum absolute atomic E-state index is 0.103. The molecule has 1 aliphatic rings. The van der Waals surface area contributed by atoms with Gasteiger partial charge in [-0.1, -0.05) is 6.42 Å². The lowest BCUT2D eigenvalue weighted by atomic mass is 10.1. The van der Waals surface area contributed by atoms with E-state index in [0.717, 1.165) is 25.8 Å². The number of rotatable bonds is 4. The second-order valence-corrected chi connectivity index (χ2v) is 6.72. The minimum atomic E-state index is -3.21. The number of nitrogens with one attached hydrogen (secondary N) is 2. The lowest BCUT2D eigenvalue weighted by Crippen LogP contribution is -2.40. The van der Waals surface area contributed by atoms with E-state index in [1.807, 2.05) is 11.4 Å². The van der Waals surface area contributed by atoms with E-state index in [1.54, 1.807) is 6.07 Å². The molecule has 1 saturated heterocycles. The molecule has 1 unspecified atom stereocenters. The fourth-order valence-corrected chi connectivity index (χ4v) is 4.17. The minimum Gasteiger partial charge on any atom is -0.313 e. The molecule has 0 spiro atoms. The number of hydrogen-bond donors (Lipinski definition) is 2. The van der Waals surface area contributed by atoms with Crippen LogP contribution in [0, 0.1) is 0 Å². The maximum absolute atomic E-state index is 11.8. The molecule has 2 rings (SSSR count). The van der Waals surface area contributed by atoms with Gasteiger partial charge in [0.2, 0.25) is 10.0 Å². The predicted octanol–water partition coefficient (Wildman–Crippen LogP) is 1.63. The Morgan fingerprint density at radius 1 is 1.50 bits per heavy atom. The average molecular weight is 260 g/mol. The van der Waals surface area contributed by atoms with Crippen LogP contribution in [0.5, 0.6) is 0 Å². The molecule has 1 atom stereocenters. The highest BCUT2D eigenvalue weighted by molar-refractivity contribution is 7.92. The summed E-state index contributed by atoms with van der Waals surface area (Å²) in [4.78, 5) is 0. The van der Waals surface area contributed by atoms with Crippen LogP contribution in [-0.2, 0) is 10.0 Å². The fourth-order valence-electron chi connectivity index (χ4n) is 1.86. The first-order valence-corrected chi connectivity index (χ1v) is 7.96. The van der Waals surface area contributed by atoms with Crippen molar-refractivity contribution in [3.63, 3.8) is 0 Å². The van der Waals surface area contributed by atoms with Crippen LogP contribution in [0.15, 0.2) is 17.5 Å². The molecular formula is C10H16N2O2S2. The number of sulfonamides is 1. The average Bonchev–Trinajstić information content (AvgIpc) is 2.70. The molecule has 0 amide bonds. The van der Waals surface area contributed by atoms with Crippen molar-refractivity contribution in [3.8, 4) is 0 Å². The van der Waals surface area contributed by atoms with E-state index in [4.69, 9.17) is 0 Å². The summed E-state index contributed by atoms with van der Waals surface area (Å²) >= 11 is 1.40. The summed E-state index contributed by atoms with van der Waals surface area (Å²) in [6.45, 7) is 0.930. The number of hydrogen-bond acceptors (Lipinski definition) is 4. The fraction of sp³-hybridized carbons (Fsp3) is 0.600. The van der Waals surface area contributed by atoms with Crippen LogP contribution < -0.4 is 10.0 Å². The van der Waals surface area contributed by atoms with Crippen molar-refractivity contribution >= 4 is 26.4 Å². The second-order valence-electron chi connectivity index (χ2n) is 4.01. The van der Waals surface area contributed by atoms with Crippen LogP contribution >= 0.6 is 11.3 Å². The molecule has 1 fully saturated rings. The summed E-state index contributed by atoms with van der Waals surface area (Å²) in [6.07, 6.45) is 3.21. The van der Waals surface area contributed by atoms with Crippen molar-refractivity contribution in [2.75, 3.05) is 17.0 Å². The van der Waals surface area contributed by atoms with Gasteiger partial charge in [-0.2, -0.15) is 0 Å². The highest BCUT2D eigenvalue weighted by atomic mass is 32.2. The first-order valence-electron chi connectivity index (χ1n) is 5.43. The molecule has 90 valence electrons. The summed E-state index contributed by atoms with van der Waals surface area (Å²) in [5.41, 5.74) is 0. The Hall–Kier alpha value is -0.590. The standard InChI is InChI=1S/C10H16N2O2S2/c13-16(14,12-10-5-3-7-15-10)8-9-4-1-2-6-11-9/h3,5,7,9,11-12H,1-2,4,6,8H2. The Labute approximate surface area is 100 Å². The molecule has 1 aliphatic heterocycles. The Morgan fingerprint density at radius 2 is 2.38 bits per heavy atom. The maximum Gasteiger partial charge on any atom is 0.234 e. The Kier molecular flexibility index (Phi) is 3.83. The molecule has 2 heterocycles. The van der Waals surface area contributed by atoms with Crippen LogP contribution in [0.2, 0.25) is 0 Å². The lowest BCUT2D eigenvalue weighted by Gasteiger charge is -2.23. The molecule has 0 radical (unpaired) electrons. The third kappa shape index (κ3) is 3.47. The van der Waals surface area contributed by atoms with Gasteiger partial charge in [-0.05, 0) is 36.9 Å². The van der Waals surface area contributed by atoms with E-state index >= 15 is 0 Å². The largest absolute Gasteiger partial charge is 0.313 e. The van der Waals surface area contributed by atoms with Crippen molar-refractivity contribution in [1.29, 1.82) is 0 Å². The Bertz CT molecular complexity index is 408. The van der Waals surface area contributed by atoms with Crippen molar-refractivity contribution in [2.24, 2.45) is 0 Å². The molecule has 6 heteroatoms. The van der Waals surface area contributed by atoms with E-state index in [0.29, 0.717) is 5.00 Å². The molecule has 2 N–H and O–H groups in total. The van der Waals surface area contributed by atoms with Gasteiger partial charge in [-0.25, -0.2) is 8.42 Å². The maximum atomic E-state index is 11.8. The third-order valence-electron chi connectivity index (χ3n) is 2.61. The van der Waals surface area contributed by atoms with E-state index in [1.165, 1.54) is 11.3 Å². The molecule has 0 aliphatic carbocycles. The first kappa shape index (κ1) is 11.9. The molecule has 1 aromatic heterocycles. The van der Waals surface area contributed by atoms with Crippen LogP contribution in [0.1, 0.15) is 19.3 Å². The Balaban J connectivity index is 1.92.